The molecule has 248 valence electrons. The number of rotatable bonds is 7. The number of hydrogen-bond donors (Lipinski definition) is 3. The molecule has 0 saturated carbocycles. The van der Waals surface area contributed by atoms with Crippen LogP contribution in [0.1, 0.15) is 35.4 Å². The number of alkyl halides is 2. The number of amides is 3. The summed E-state index contributed by atoms with van der Waals surface area (Å²) in [6.45, 7) is 2.41. The monoisotopic (exact) mass is 658 g/mol. The van der Waals surface area contributed by atoms with Crippen molar-refractivity contribution in [2.45, 2.75) is 25.3 Å². The molecule has 2 aliphatic rings. The molecule has 4 aromatic rings. The third kappa shape index (κ3) is 6.81. The van der Waals surface area contributed by atoms with Crippen LogP contribution in [0.4, 0.5) is 34.3 Å². The molecular formula is C29H30F4N10O4. The Kier molecular flexibility index (Phi) is 9.19. The first-order chi connectivity index (χ1) is 22.7. The van der Waals surface area contributed by atoms with E-state index in [0.29, 0.717) is 56.5 Å². The third-order valence-corrected chi connectivity index (χ3v) is 7.77. The van der Waals surface area contributed by atoms with Gasteiger partial charge >= 0.3 is 6.03 Å². The van der Waals surface area contributed by atoms with Crippen LogP contribution in [0, 0.1) is 11.6 Å². The van der Waals surface area contributed by atoms with E-state index in [1.54, 1.807) is 18.2 Å². The molecule has 0 atom stereocenters. The lowest BCUT2D eigenvalue weighted by Crippen LogP contribution is -2.52. The lowest BCUT2D eigenvalue weighted by Gasteiger charge is -2.32. The molecule has 47 heavy (non-hydrogen) atoms. The number of methoxy groups -OCH3 is 1. The number of para-hydroxylation sites is 1. The molecule has 18 heteroatoms. The summed E-state index contributed by atoms with van der Waals surface area (Å²) in [4.78, 5) is 46.1. The number of morpholine rings is 1. The predicted molar refractivity (Wildman–Crippen MR) is 160 cm³/mol. The molecule has 0 aliphatic carbocycles. The first-order valence-corrected chi connectivity index (χ1v) is 14.7. The molecule has 2 saturated heterocycles. The fourth-order valence-electron chi connectivity index (χ4n) is 5.38. The Bertz CT molecular complexity index is 1780. The van der Waals surface area contributed by atoms with E-state index in [9.17, 15) is 27.2 Å². The Labute approximate surface area is 265 Å². The third-order valence-electron chi connectivity index (χ3n) is 7.77. The van der Waals surface area contributed by atoms with Gasteiger partial charge in [-0.2, -0.15) is 15.0 Å². The van der Waals surface area contributed by atoms with Crippen LogP contribution in [0.2, 0.25) is 0 Å². The number of hydrogen-bond acceptors (Lipinski definition) is 10. The Hall–Kier alpha value is -5.26. The molecule has 2 fully saturated rings. The van der Waals surface area contributed by atoms with Gasteiger partial charge in [0, 0.05) is 38.3 Å². The highest BCUT2D eigenvalue weighted by Crippen LogP contribution is 2.32. The summed E-state index contributed by atoms with van der Waals surface area (Å²) < 4.78 is 67.6. The zero-order valence-electron chi connectivity index (χ0n) is 25.1. The topological polar surface area (TPSA) is 152 Å². The maximum Gasteiger partial charge on any atom is 0.336 e. The quantitative estimate of drug-likeness (QED) is 0.200. The number of fused-ring (bicyclic) bond motifs is 1. The lowest BCUT2D eigenvalue weighted by atomic mass is 10.1. The van der Waals surface area contributed by atoms with Crippen molar-refractivity contribution in [3.8, 4) is 11.7 Å². The highest BCUT2D eigenvalue weighted by molar-refractivity contribution is 5.95. The van der Waals surface area contributed by atoms with E-state index in [0.717, 1.165) is 12.1 Å². The minimum absolute atomic E-state index is 0.0554. The molecule has 0 unspecified atom stereocenters. The summed E-state index contributed by atoms with van der Waals surface area (Å²) in [7, 11) is 1.43. The zero-order valence-corrected chi connectivity index (χ0v) is 25.1. The maximum absolute atomic E-state index is 14.3. The molecular weight excluding hydrogens is 628 g/mol. The molecule has 0 spiro atoms. The molecule has 14 nitrogen and oxygen atoms in total. The Morgan fingerprint density at radius 1 is 0.957 bits per heavy atom. The summed E-state index contributed by atoms with van der Waals surface area (Å²) in [6.07, 6.45) is -2.04. The van der Waals surface area contributed by atoms with Gasteiger partial charge in [-0.25, -0.2) is 32.8 Å². The summed E-state index contributed by atoms with van der Waals surface area (Å²) in [5, 5.41) is 3.26. The molecule has 3 N–H and O–H groups in total. The number of aromatic nitrogens is 5. The predicted octanol–water partition coefficient (Wildman–Crippen LogP) is 3.20. The van der Waals surface area contributed by atoms with Gasteiger partial charge in [-0.1, -0.05) is 6.07 Å². The van der Waals surface area contributed by atoms with Gasteiger partial charge < -0.3 is 24.6 Å². The number of hydrazine groups is 1. The Morgan fingerprint density at radius 2 is 1.70 bits per heavy atom. The fraction of sp³-hybridized carbons (Fsp3) is 0.379. The van der Waals surface area contributed by atoms with E-state index in [1.807, 2.05) is 4.90 Å². The van der Waals surface area contributed by atoms with E-state index in [1.165, 1.54) is 16.6 Å². The number of ether oxygens (including phenoxy) is 2. The van der Waals surface area contributed by atoms with Crippen LogP contribution in [-0.4, -0.2) is 93.9 Å². The second-order valence-corrected chi connectivity index (χ2v) is 10.7. The molecule has 4 heterocycles. The van der Waals surface area contributed by atoms with E-state index in [2.05, 4.69) is 36.1 Å². The normalized spacial score (nSPS) is 15.6. The van der Waals surface area contributed by atoms with Crippen molar-refractivity contribution >= 4 is 34.9 Å². The summed E-state index contributed by atoms with van der Waals surface area (Å²) >= 11 is 0. The van der Waals surface area contributed by atoms with Crippen LogP contribution < -0.4 is 25.8 Å². The van der Waals surface area contributed by atoms with Gasteiger partial charge in [-0.05, 0) is 37.1 Å². The first-order valence-electron chi connectivity index (χ1n) is 14.7. The average molecular weight is 659 g/mol. The number of anilines is 2. The van der Waals surface area contributed by atoms with Crippen molar-refractivity contribution in [2.24, 2.45) is 0 Å². The first kappa shape index (κ1) is 31.7. The number of nitrogens with zero attached hydrogens (tertiary/aromatic N) is 7. The second-order valence-electron chi connectivity index (χ2n) is 10.7. The maximum atomic E-state index is 14.3. The molecule has 2 aliphatic heterocycles. The van der Waals surface area contributed by atoms with Gasteiger partial charge in [0.25, 0.3) is 12.3 Å². The zero-order chi connectivity index (χ0) is 33.1. The van der Waals surface area contributed by atoms with Gasteiger partial charge in [-0.15, -0.1) is 0 Å². The molecule has 3 amide bonds. The highest BCUT2D eigenvalue weighted by atomic mass is 19.3. The van der Waals surface area contributed by atoms with Crippen LogP contribution in [-0.2, 0) is 4.74 Å². The van der Waals surface area contributed by atoms with Crippen molar-refractivity contribution in [1.29, 1.82) is 0 Å². The minimum atomic E-state index is -2.94. The number of urea groups is 1. The van der Waals surface area contributed by atoms with E-state index in [-0.39, 0.29) is 42.5 Å². The molecule has 0 bridgehead atoms. The number of halogens is 4. The van der Waals surface area contributed by atoms with Crippen LogP contribution in [0.5, 0.6) is 5.75 Å². The van der Waals surface area contributed by atoms with Gasteiger partial charge in [0.1, 0.15) is 22.9 Å². The average Bonchev–Trinajstić information content (AvgIpc) is 3.48. The Morgan fingerprint density at radius 3 is 2.40 bits per heavy atom. The number of nitrogens with one attached hydrogen (secondary N) is 3. The number of benzene rings is 2. The van der Waals surface area contributed by atoms with Gasteiger partial charge in [0.05, 0.1) is 31.4 Å². The van der Waals surface area contributed by atoms with Gasteiger partial charge in [0.15, 0.2) is 5.82 Å². The highest BCUT2D eigenvalue weighted by Gasteiger charge is 2.28. The van der Waals surface area contributed by atoms with Crippen LogP contribution >= 0.6 is 0 Å². The van der Waals surface area contributed by atoms with Crippen LogP contribution in [0.3, 0.4) is 0 Å². The largest absolute Gasteiger partial charge is 0.494 e. The van der Waals surface area contributed by atoms with E-state index in [4.69, 9.17) is 9.47 Å². The summed E-state index contributed by atoms with van der Waals surface area (Å²) in [6, 6.07) is 6.57. The smallest absolute Gasteiger partial charge is 0.336 e. The van der Waals surface area contributed by atoms with Gasteiger partial charge in [0.2, 0.25) is 17.8 Å². The fourth-order valence-corrected chi connectivity index (χ4v) is 5.38. The lowest BCUT2D eigenvalue weighted by molar-refractivity contribution is 0.0923. The standard InChI is InChI=1S/C29H30F4N10O4/c1-46-21-4-2-3-20-22(21)35-24(23(32)33)43(20)28-37-26(36-27(38-28)41-11-13-47-14-12-41)34-17-7-9-42(10-8-17)29(45)40-39-25(44)18-6-5-16(30)15-19(18)31/h2-6,15,17,23H,7-14H2,1H3,(H,39,44)(H,40,45)(H,34,36,37,38). The van der Waals surface area contributed by atoms with Crippen molar-refractivity contribution in [1.82, 2.24) is 40.3 Å². The number of piperidine rings is 1. The SMILES string of the molecule is COc1cccc2c1nc(C(F)F)n2-c1nc(NC2CCN(C(=O)NNC(=O)c3ccc(F)cc3F)CC2)nc(N2CCOCC2)n1. The molecule has 6 rings (SSSR count). The molecule has 2 aromatic heterocycles. The van der Waals surface area contributed by atoms with Crippen molar-refractivity contribution < 1.29 is 36.6 Å². The number of carbonyl (C=O) groups excluding carboxylic acids is 2. The van der Waals surface area contributed by atoms with E-state index >= 15 is 0 Å². The molecule has 2 aromatic carbocycles. The summed E-state index contributed by atoms with van der Waals surface area (Å²) in [5.74, 6) is -2.69. The Balaban J connectivity index is 1.18. The van der Waals surface area contributed by atoms with Crippen LogP contribution in [0.25, 0.3) is 17.0 Å². The molecule has 0 radical (unpaired) electrons. The van der Waals surface area contributed by atoms with Crippen molar-refractivity contribution in [2.75, 3.05) is 56.7 Å². The second kappa shape index (κ2) is 13.6. The number of carbonyl (C=O) groups is 2. The summed E-state index contributed by atoms with van der Waals surface area (Å²) in [5.41, 5.74) is 4.51. The van der Waals surface area contributed by atoms with E-state index < -0.39 is 41.4 Å². The number of imidazole rings is 1. The van der Waals surface area contributed by atoms with Gasteiger partial charge in [-0.3, -0.25) is 14.8 Å². The number of likely N-dealkylation sites (tertiary alicyclic amines) is 1. The minimum Gasteiger partial charge on any atom is -0.494 e. The van der Waals surface area contributed by atoms with Crippen molar-refractivity contribution in [3.63, 3.8) is 0 Å². The van der Waals surface area contributed by atoms with Crippen molar-refractivity contribution in [3.05, 3.63) is 59.4 Å². The van der Waals surface area contributed by atoms with Crippen LogP contribution in [0.15, 0.2) is 36.4 Å².